The van der Waals surface area contributed by atoms with Crippen LogP contribution in [0.15, 0.2) is 58.3 Å². The quantitative estimate of drug-likeness (QED) is 0.407. The number of carbonyl (C=O) groups excluding carboxylic acids is 2. The number of anilines is 1. The first kappa shape index (κ1) is 26.4. The maximum Gasteiger partial charge on any atom is 0.416 e. The zero-order chi connectivity index (χ0) is 27.6. The van der Waals surface area contributed by atoms with Gasteiger partial charge in [0.2, 0.25) is 0 Å². The molecule has 0 atom stereocenters. The van der Waals surface area contributed by atoms with Crippen molar-refractivity contribution in [2.75, 3.05) is 24.5 Å². The second-order valence-corrected chi connectivity index (χ2v) is 8.49. The average Bonchev–Trinajstić information content (AvgIpc) is 3.31. The van der Waals surface area contributed by atoms with Gasteiger partial charge in [-0.3, -0.25) is 23.6 Å². The molecule has 2 aromatic carbocycles. The summed E-state index contributed by atoms with van der Waals surface area (Å²) in [5.74, 6) is -0.855. The van der Waals surface area contributed by atoms with E-state index in [0.29, 0.717) is 23.3 Å². The largest absolute Gasteiger partial charge is 0.416 e. The predicted octanol–water partition coefficient (Wildman–Crippen LogP) is 2.28. The lowest BCUT2D eigenvalue weighted by molar-refractivity contribution is -0.138. The molecule has 0 radical (unpaired) electrons. The molecule has 2 heterocycles. The SMILES string of the molecule is Cc1c(Cn2c(=O)c(C(=O)NCC=N)cn(-c3ccc(N4CCNC4=O)cc3)c2=O)cccc1C(F)(F)F. The van der Waals surface area contributed by atoms with Crippen LogP contribution in [0, 0.1) is 12.3 Å². The maximum absolute atomic E-state index is 13.4. The van der Waals surface area contributed by atoms with E-state index in [1.54, 1.807) is 12.1 Å². The molecule has 1 aliphatic rings. The first-order valence-corrected chi connectivity index (χ1v) is 11.5. The molecule has 198 valence electrons. The highest BCUT2D eigenvalue weighted by atomic mass is 19.4. The molecule has 10 nitrogen and oxygen atoms in total. The summed E-state index contributed by atoms with van der Waals surface area (Å²) in [6.45, 7) is 1.50. The Labute approximate surface area is 213 Å². The second kappa shape index (κ2) is 10.4. The summed E-state index contributed by atoms with van der Waals surface area (Å²) in [5, 5.41) is 12.1. The topological polar surface area (TPSA) is 129 Å². The lowest BCUT2D eigenvalue weighted by atomic mass is 10.0. The normalized spacial score (nSPS) is 13.4. The van der Waals surface area contributed by atoms with E-state index in [1.807, 2.05) is 0 Å². The van der Waals surface area contributed by atoms with Crippen LogP contribution in [0.3, 0.4) is 0 Å². The van der Waals surface area contributed by atoms with Crippen molar-refractivity contribution in [3.8, 4) is 5.69 Å². The Bertz CT molecular complexity index is 1530. The van der Waals surface area contributed by atoms with Crippen LogP contribution in [0.25, 0.3) is 5.69 Å². The van der Waals surface area contributed by atoms with E-state index >= 15 is 0 Å². The van der Waals surface area contributed by atoms with Gasteiger partial charge in [0.05, 0.1) is 24.3 Å². The summed E-state index contributed by atoms with van der Waals surface area (Å²) < 4.78 is 42.0. The standard InChI is InChI=1S/C25H23F3N6O4/c1-15-16(3-2-4-20(15)25(26,27)28)13-34-22(36)19(21(35)30-10-9-29)14-33(24(34)38)18-7-5-17(6-8-18)32-12-11-31-23(32)37/h2-9,14,29H,10-13H2,1H3,(H,30,35)(H,31,37). The molecule has 0 aliphatic carbocycles. The number of amides is 3. The second-order valence-electron chi connectivity index (χ2n) is 8.49. The minimum atomic E-state index is -4.63. The van der Waals surface area contributed by atoms with Gasteiger partial charge in [-0.15, -0.1) is 0 Å². The molecule has 1 saturated heterocycles. The fraction of sp³-hybridized carbons (Fsp3) is 0.240. The number of hydrogen-bond acceptors (Lipinski definition) is 5. The van der Waals surface area contributed by atoms with Crippen molar-refractivity contribution in [3.63, 3.8) is 0 Å². The van der Waals surface area contributed by atoms with Crippen molar-refractivity contribution >= 4 is 23.8 Å². The number of alkyl halides is 3. The average molecular weight is 528 g/mol. The van der Waals surface area contributed by atoms with E-state index in [4.69, 9.17) is 5.41 Å². The van der Waals surface area contributed by atoms with Gasteiger partial charge >= 0.3 is 17.9 Å². The third kappa shape index (κ3) is 5.08. The van der Waals surface area contributed by atoms with Gasteiger partial charge in [0, 0.05) is 31.2 Å². The van der Waals surface area contributed by atoms with Gasteiger partial charge < -0.3 is 16.0 Å². The van der Waals surface area contributed by atoms with Crippen molar-refractivity contribution in [2.45, 2.75) is 19.6 Å². The van der Waals surface area contributed by atoms with E-state index in [1.165, 1.54) is 36.1 Å². The number of halogens is 3. The molecular weight excluding hydrogens is 505 g/mol. The van der Waals surface area contributed by atoms with Crippen LogP contribution in [0.1, 0.15) is 27.0 Å². The van der Waals surface area contributed by atoms with Gasteiger partial charge in [-0.1, -0.05) is 12.1 Å². The molecule has 1 aliphatic heterocycles. The van der Waals surface area contributed by atoms with E-state index in [9.17, 15) is 32.3 Å². The fourth-order valence-corrected chi connectivity index (χ4v) is 4.16. The van der Waals surface area contributed by atoms with E-state index in [0.717, 1.165) is 23.0 Å². The zero-order valence-corrected chi connectivity index (χ0v) is 20.1. The van der Waals surface area contributed by atoms with Crippen LogP contribution in [0.5, 0.6) is 0 Å². The summed E-state index contributed by atoms with van der Waals surface area (Å²) in [6.07, 6.45) is -2.67. The summed E-state index contributed by atoms with van der Waals surface area (Å²) in [4.78, 5) is 52.8. The summed E-state index contributed by atoms with van der Waals surface area (Å²) in [6, 6.07) is 9.41. The van der Waals surface area contributed by atoms with Crippen molar-refractivity contribution < 1.29 is 22.8 Å². The molecule has 1 aromatic heterocycles. The Kier molecular flexibility index (Phi) is 7.19. The highest BCUT2D eigenvalue weighted by Gasteiger charge is 2.33. The van der Waals surface area contributed by atoms with Crippen LogP contribution in [-0.2, 0) is 12.7 Å². The van der Waals surface area contributed by atoms with E-state index in [2.05, 4.69) is 10.6 Å². The number of aromatic nitrogens is 2. The van der Waals surface area contributed by atoms with Crippen LogP contribution in [-0.4, -0.2) is 46.9 Å². The van der Waals surface area contributed by atoms with Crippen LogP contribution >= 0.6 is 0 Å². The van der Waals surface area contributed by atoms with Crippen LogP contribution in [0.2, 0.25) is 0 Å². The lowest BCUT2D eigenvalue weighted by Gasteiger charge is -2.17. The molecular formula is C25H23F3N6O4. The van der Waals surface area contributed by atoms with Gasteiger partial charge in [-0.2, -0.15) is 13.2 Å². The minimum absolute atomic E-state index is 0.0815. The van der Waals surface area contributed by atoms with Crippen molar-refractivity contribution in [1.29, 1.82) is 5.41 Å². The molecule has 3 aromatic rings. The number of benzene rings is 2. The molecule has 0 unspecified atom stereocenters. The Morgan fingerprint density at radius 2 is 1.79 bits per heavy atom. The third-order valence-corrected chi connectivity index (χ3v) is 6.16. The van der Waals surface area contributed by atoms with Gasteiger partial charge in [0.15, 0.2) is 0 Å². The molecule has 3 amide bonds. The number of nitrogens with one attached hydrogen (secondary N) is 3. The van der Waals surface area contributed by atoms with Gasteiger partial charge in [0.25, 0.3) is 11.5 Å². The molecule has 38 heavy (non-hydrogen) atoms. The zero-order valence-electron chi connectivity index (χ0n) is 20.1. The Balaban J connectivity index is 1.83. The molecule has 3 N–H and O–H groups in total. The van der Waals surface area contributed by atoms with Gasteiger partial charge in [0.1, 0.15) is 5.56 Å². The highest BCUT2D eigenvalue weighted by molar-refractivity contribution is 5.95. The Morgan fingerprint density at radius 1 is 1.11 bits per heavy atom. The smallest absolute Gasteiger partial charge is 0.347 e. The Hall–Kier alpha value is -4.68. The number of carbonyl (C=O) groups is 2. The van der Waals surface area contributed by atoms with E-state index < -0.39 is 41.0 Å². The monoisotopic (exact) mass is 528 g/mol. The predicted molar refractivity (Wildman–Crippen MR) is 133 cm³/mol. The molecule has 13 heteroatoms. The van der Waals surface area contributed by atoms with Gasteiger partial charge in [-0.05, 0) is 48.4 Å². The first-order valence-electron chi connectivity index (χ1n) is 11.5. The maximum atomic E-state index is 13.4. The molecule has 1 fully saturated rings. The number of hydrogen-bond donors (Lipinski definition) is 3. The first-order chi connectivity index (χ1) is 18.0. The summed E-state index contributed by atoms with van der Waals surface area (Å²) in [7, 11) is 0. The van der Waals surface area contributed by atoms with Gasteiger partial charge in [-0.25, -0.2) is 9.59 Å². The minimum Gasteiger partial charge on any atom is -0.347 e. The lowest BCUT2D eigenvalue weighted by Crippen LogP contribution is -2.44. The van der Waals surface area contributed by atoms with Crippen molar-refractivity contribution in [1.82, 2.24) is 19.8 Å². The number of nitrogens with zero attached hydrogens (tertiary/aromatic N) is 3. The summed E-state index contributed by atoms with van der Waals surface area (Å²) in [5.41, 5.74) is -2.44. The fourth-order valence-electron chi connectivity index (χ4n) is 4.16. The molecule has 0 saturated carbocycles. The van der Waals surface area contributed by atoms with E-state index in [-0.39, 0.29) is 29.4 Å². The third-order valence-electron chi connectivity index (χ3n) is 6.16. The molecule has 0 bridgehead atoms. The highest BCUT2D eigenvalue weighted by Crippen LogP contribution is 2.33. The van der Waals surface area contributed by atoms with Crippen LogP contribution < -0.4 is 26.8 Å². The summed E-state index contributed by atoms with van der Waals surface area (Å²) >= 11 is 0. The number of rotatable bonds is 7. The van der Waals surface area contributed by atoms with Crippen molar-refractivity contribution in [2.24, 2.45) is 0 Å². The molecule has 4 rings (SSSR count). The number of urea groups is 1. The van der Waals surface area contributed by atoms with Crippen LogP contribution in [0.4, 0.5) is 23.7 Å². The molecule has 0 spiro atoms. The Morgan fingerprint density at radius 3 is 2.39 bits per heavy atom. The van der Waals surface area contributed by atoms with Crippen molar-refractivity contribution in [3.05, 3.63) is 91.8 Å².